The van der Waals surface area contributed by atoms with Crippen LogP contribution in [0.15, 0.2) is 29.9 Å². The topological polar surface area (TPSA) is 65.9 Å². The number of nitrogens with one attached hydrogen (secondary N) is 2. The van der Waals surface area contributed by atoms with Crippen LogP contribution in [0.3, 0.4) is 0 Å². The average molecular weight is 391 g/mol. The zero-order chi connectivity index (χ0) is 14.3. The Balaban J connectivity index is 2.69. The minimum absolute atomic E-state index is 0.122. The van der Waals surface area contributed by atoms with Crippen LogP contribution >= 0.6 is 34.8 Å². The molecule has 0 saturated carbocycles. The van der Waals surface area contributed by atoms with Crippen molar-refractivity contribution in [2.45, 2.75) is 0 Å². The molecule has 0 aliphatic carbocycles. The second-order valence-electron chi connectivity index (χ2n) is 3.42. The second kappa shape index (κ2) is 7.95. The Hall–Kier alpha value is -1.35. The van der Waals surface area contributed by atoms with E-state index in [0.29, 0.717) is 21.0 Å². The van der Waals surface area contributed by atoms with Gasteiger partial charge in [-0.2, -0.15) is 5.10 Å². The first kappa shape index (κ1) is 15.7. The molecule has 0 atom stereocenters. The Labute approximate surface area is 130 Å². The lowest BCUT2D eigenvalue weighted by Crippen LogP contribution is -2.31. The molecule has 0 bridgehead atoms. The highest BCUT2D eigenvalue weighted by Gasteiger charge is 2.07. The average Bonchev–Trinajstić information content (AvgIpc) is 2.40. The van der Waals surface area contributed by atoms with Crippen LogP contribution in [-0.4, -0.2) is 30.1 Å². The summed E-state index contributed by atoms with van der Waals surface area (Å²) >= 11 is 7.00. The molecule has 0 aromatic heterocycles. The molecule has 102 valence electrons. The highest BCUT2D eigenvalue weighted by atomic mass is 127. The number of rotatable bonds is 5. The molecule has 0 spiro atoms. The number of hydrogen-bond acceptors (Lipinski definition) is 4. The van der Waals surface area contributed by atoms with Gasteiger partial charge in [0.1, 0.15) is 0 Å². The number of hydrazone groups is 1. The van der Waals surface area contributed by atoms with Crippen molar-refractivity contribution in [1.29, 1.82) is 0 Å². The van der Waals surface area contributed by atoms with Crippen molar-refractivity contribution in [3.05, 3.63) is 33.9 Å². The van der Waals surface area contributed by atoms with Crippen molar-refractivity contribution in [3.8, 4) is 11.5 Å². The van der Waals surface area contributed by atoms with Crippen LogP contribution in [0.5, 0.6) is 11.5 Å². The number of phenols is 1. The number of phenolic OH excluding ortho intramolecular Hbond substituents is 1. The number of hydrogen-bond donors (Lipinski definition) is 3. The minimum atomic E-state index is 0.122. The van der Waals surface area contributed by atoms with E-state index in [1.807, 2.05) is 22.6 Å². The van der Waals surface area contributed by atoms with Crippen molar-refractivity contribution in [2.75, 3.05) is 13.7 Å². The number of ether oxygens (including phenoxy) is 1. The summed E-state index contributed by atoms with van der Waals surface area (Å²) in [4.78, 5) is 0. The molecule has 0 aliphatic heterocycles. The molecular formula is C12H14IN3O2S. The number of halogens is 1. The minimum Gasteiger partial charge on any atom is -0.504 e. The fraction of sp³-hybridized carbons (Fsp3) is 0.167. The normalized spacial score (nSPS) is 10.2. The fourth-order valence-corrected chi connectivity index (χ4v) is 1.96. The van der Waals surface area contributed by atoms with E-state index in [2.05, 4.69) is 22.4 Å². The second-order valence-corrected chi connectivity index (χ2v) is 4.99. The van der Waals surface area contributed by atoms with Crippen LogP contribution in [-0.2, 0) is 0 Å². The van der Waals surface area contributed by atoms with Crippen LogP contribution in [0.4, 0.5) is 0 Å². The SMILES string of the molecule is C=CCNC(=S)NN=Cc1cc(I)c(O)c(OC)c1. The van der Waals surface area contributed by atoms with Crippen LogP contribution in [0.25, 0.3) is 0 Å². The Kier molecular flexibility index (Phi) is 6.57. The summed E-state index contributed by atoms with van der Waals surface area (Å²) in [7, 11) is 1.50. The van der Waals surface area contributed by atoms with Gasteiger partial charge in [0.05, 0.1) is 16.9 Å². The molecule has 1 rings (SSSR count). The summed E-state index contributed by atoms with van der Waals surface area (Å²) in [5.41, 5.74) is 3.46. The van der Waals surface area contributed by atoms with Gasteiger partial charge >= 0.3 is 0 Å². The Morgan fingerprint density at radius 1 is 1.63 bits per heavy atom. The molecule has 0 saturated heterocycles. The van der Waals surface area contributed by atoms with E-state index >= 15 is 0 Å². The third kappa shape index (κ3) is 5.03. The van der Waals surface area contributed by atoms with Crippen LogP contribution in [0, 0.1) is 3.57 Å². The lowest BCUT2D eigenvalue weighted by molar-refractivity contribution is 0.371. The van der Waals surface area contributed by atoms with E-state index in [4.69, 9.17) is 17.0 Å². The molecule has 1 aromatic rings. The van der Waals surface area contributed by atoms with Gasteiger partial charge in [0.15, 0.2) is 16.6 Å². The Bertz CT molecular complexity index is 506. The zero-order valence-electron chi connectivity index (χ0n) is 10.3. The molecule has 19 heavy (non-hydrogen) atoms. The predicted molar refractivity (Wildman–Crippen MR) is 88.9 cm³/mol. The van der Waals surface area contributed by atoms with E-state index in [1.54, 1.807) is 24.4 Å². The lowest BCUT2D eigenvalue weighted by atomic mass is 10.2. The van der Waals surface area contributed by atoms with Gasteiger partial charge in [0.25, 0.3) is 0 Å². The molecule has 0 amide bonds. The molecule has 3 N–H and O–H groups in total. The molecule has 0 fully saturated rings. The number of nitrogens with zero attached hydrogens (tertiary/aromatic N) is 1. The fourth-order valence-electron chi connectivity index (χ4n) is 1.19. The Morgan fingerprint density at radius 2 is 2.37 bits per heavy atom. The molecule has 0 radical (unpaired) electrons. The van der Waals surface area contributed by atoms with Crippen molar-refractivity contribution >= 4 is 46.1 Å². The quantitative estimate of drug-likeness (QED) is 0.236. The van der Waals surface area contributed by atoms with E-state index in [1.165, 1.54) is 7.11 Å². The summed E-state index contributed by atoms with van der Waals surface area (Å²) in [6.07, 6.45) is 3.29. The summed E-state index contributed by atoms with van der Waals surface area (Å²) in [6, 6.07) is 3.46. The molecule has 0 aliphatic rings. The Morgan fingerprint density at radius 3 is 3.00 bits per heavy atom. The number of thiocarbonyl (C=S) groups is 1. The van der Waals surface area contributed by atoms with Gasteiger partial charge in [-0.1, -0.05) is 6.08 Å². The standard InChI is InChI=1S/C12H14IN3O2S/c1-3-4-14-12(19)16-15-7-8-5-9(13)11(17)10(6-8)18-2/h3,5-7,17H,1,4H2,2H3,(H2,14,16,19). The van der Waals surface area contributed by atoms with E-state index in [-0.39, 0.29) is 5.75 Å². The molecular weight excluding hydrogens is 377 g/mol. The van der Waals surface area contributed by atoms with E-state index in [9.17, 15) is 5.11 Å². The van der Waals surface area contributed by atoms with Crippen molar-refractivity contribution in [1.82, 2.24) is 10.7 Å². The van der Waals surface area contributed by atoms with Crippen LogP contribution < -0.4 is 15.5 Å². The van der Waals surface area contributed by atoms with E-state index < -0.39 is 0 Å². The van der Waals surface area contributed by atoms with Crippen molar-refractivity contribution < 1.29 is 9.84 Å². The van der Waals surface area contributed by atoms with Crippen molar-refractivity contribution in [3.63, 3.8) is 0 Å². The largest absolute Gasteiger partial charge is 0.504 e. The number of benzene rings is 1. The van der Waals surface area contributed by atoms with Gasteiger partial charge in [-0.3, -0.25) is 5.43 Å². The molecule has 0 unspecified atom stereocenters. The first-order chi connectivity index (χ1) is 9.08. The van der Waals surface area contributed by atoms with Gasteiger partial charge in [-0.15, -0.1) is 6.58 Å². The van der Waals surface area contributed by atoms with Gasteiger partial charge < -0.3 is 15.2 Å². The molecule has 7 heteroatoms. The van der Waals surface area contributed by atoms with Gasteiger partial charge in [0, 0.05) is 6.54 Å². The third-order valence-corrected chi connectivity index (χ3v) is 3.12. The van der Waals surface area contributed by atoms with Crippen LogP contribution in [0.1, 0.15) is 5.56 Å². The van der Waals surface area contributed by atoms with Crippen molar-refractivity contribution in [2.24, 2.45) is 5.10 Å². The van der Waals surface area contributed by atoms with E-state index in [0.717, 1.165) is 5.56 Å². The summed E-state index contributed by atoms with van der Waals surface area (Å²) < 4.78 is 5.75. The molecule has 0 heterocycles. The smallest absolute Gasteiger partial charge is 0.187 e. The highest BCUT2D eigenvalue weighted by molar-refractivity contribution is 14.1. The zero-order valence-corrected chi connectivity index (χ0v) is 13.3. The maximum atomic E-state index is 9.70. The van der Waals surface area contributed by atoms with Gasteiger partial charge in [-0.25, -0.2) is 0 Å². The monoisotopic (exact) mass is 391 g/mol. The third-order valence-electron chi connectivity index (χ3n) is 2.06. The number of methoxy groups -OCH3 is 1. The van der Waals surface area contributed by atoms with Gasteiger partial charge in [-0.05, 0) is 52.5 Å². The molecule has 5 nitrogen and oxygen atoms in total. The first-order valence-electron chi connectivity index (χ1n) is 5.32. The molecule has 1 aromatic carbocycles. The van der Waals surface area contributed by atoms with Gasteiger partial charge in [0.2, 0.25) is 0 Å². The predicted octanol–water partition coefficient (Wildman–Crippen LogP) is 1.99. The lowest BCUT2D eigenvalue weighted by Gasteiger charge is -2.06. The highest BCUT2D eigenvalue weighted by Crippen LogP contribution is 2.31. The number of aromatic hydroxyl groups is 1. The maximum absolute atomic E-state index is 9.70. The maximum Gasteiger partial charge on any atom is 0.187 e. The summed E-state index contributed by atoms with van der Waals surface area (Å²) in [5, 5.41) is 17.0. The van der Waals surface area contributed by atoms with Crippen LogP contribution in [0.2, 0.25) is 0 Å². The first-order valence-corrected chi connectivity index (χ1v) is 6.81. The summed E-state index contributed by atoms with van der Waals surface area (Å²) in [6.45, 7) is 4.15. The summed E-state index contributed by atoms with van der Waals surface area (Å²) in [5.74, 6) is 0.525.